The molecule has 1 fully saturated rings. The minimum absolute atomic E-state index is 0.167. The van der Waals surface area contributed by atoms with Crippen molar-refractivity contribution in [1.29, 1.82) is 0 Å². The second-order valence-corrected chi connectivity index (χ2v) is 7.07. The Morgan fingerprint density at radius 2 is 1.73 bits per heavy atom. The van der Waals surface area contributed by atoms with Crippen molar-refractivity contribution in [2.45, 2.75) is 18.4 Å². The quantitative estimate of drug-likeness (QED) is 0.668. The van der Waals surface area contributed by atoms with E-state index in [1.807, 2.05) is 12.3 Å². The van der Waals surface area contributed by atoms with E-state index in [2.05, 4.69) is 78.6 Å². The summed E-state index contributed by atoms with van der Waals surface area (Å²) in [6.07, 6.45) is 5.83. The van der Waals surface area contributed by atoms with Gasteiger partial charge in [-0.05, 0) is 30.2 Å². The Kier molecular flexibility index (Phi) is 3.35. The largest absolute Gasteiger partial charge is 0.472 e. The van der Waals surface area contributed by atoms with Gasteiger partial charge in [-0.25, -0.2) is 4.99 Å². The summed E-state index contributed by atoms with van der Waals surface area (Å²) in [6.45, 7) is 3.16. The van der Waals surface area contributed by atoms with E-state index in [0.29, 0.717) is 0 Å². The first kappa shape index (κ1) is 15.2. The lowest BCUT2D eigenvalue weighted by Gasteiger charge is -2.58. The first-order chi connectivity index (χ1) is 12.8. The molecule has 0 bridgehead atoms. The van der Waals surface area contributed by atoms with Gasteiger partial charge in [0.25, 0.3) is 0 Å². The molecule has 0 spiro atoms. The van der Waals surface area contributed by atoms with Crippen molar-refractivity contribution < 1.29 is 4.42 Å². The van der Waals surface area contributed by atoms with Crippen molar-refractivity contribution in [2.24, 2.45) is 4.99 Å². The number of amidine groups is 1. The van der Waals surface area contributed by atoms with Gasteiger partial charge in [0.1, 0.15) is 5.84 Å². The summed E-state index contributed by atoms with van der Waals surface area (Å²) < 4.78 is 5.39. The predicted octanol–water partition coefficient (Wildman–Crippen LogP) is 5.05. The molecule has 2 aliphatic heterocycles. The smallest absolute Gasteiger partial charge is 0.119 e. The van der Waals surface area contributed by atoms with Crippen LogP contribution in [0.25, 0.3) is 5.70 Å². The molecule has 26 heavy (non-hydrogen) atoms. The lowest BCUT2D eigenvalue weighted by atomic mass is 9.64. The van der Waals surface area contributed by atoms with Gasteiger partial charge in [0.05, 0.1) is 29.7 Å². The Hall–Kier alpha value is -3.07. The fraction of sp³-hybridized carbons (Fsp3) is 0.174. The summed E-state index contributed by atoms with van der Waals surface area (Å²) >= 11 is 0. The fourth-order valence-electron chi connectivity index (χ4n) is 4.31. The van der Waals surface area contributed by atoms with Crippen LogP contribution in [0, 0.1) is 0 Å². The standard InChI is InChI=1S/C23H20N2O/c1-23(19-10-6-3-7-11-19)21(18-13-15-26-16-18)25-14-12-20(24-22(23)25)17-8-4-2-5-9-17/h2-13,15-16,21H,14H2,1H3/t21-,23+/m1/s1. The van der Waals surface area contributed by atoms with Gasteiger partial charge in [-0.1, -0.05) is 60.7 Å². The molecule has 1 saturated heterocycles. The summed E-state index contributed by atoms with van der Waals surface area (Å²) in [5.41, 5.74) is 4.55. The van der Waals surface area contributed by atoms with Crippen LogP contribution in [-0.4, -0.2) is 17.3 Å². The van der Waals surface area contributed by atoms with Crippen LogP contribution in [0.15, 0.2) is 94.7 Å². The predicted molar refractivity (Wildman–Crippen MR) is 104 cm³/mol. The van der Waals surface area contributed by atoms with Crippen molar-refractivity contribution >= 4 is 11.5 Å². The van der Waals surface area contributed by atoms with Gasteiger partial charge in [0.15, 0.2) is 0 Å². The molecule has 2 atom stereocenters. The Labute approximate surface area is 153 Å². The Morgan fingerprint density at radius 3 is 2.42 bits per heavy atom. The molecule has 0 saturated carbocycles. The zero-order valence-corrected chi connectivity index (χ0v) is 14.7. The van der Waals surface area contributed by atoms with E-state index in [-0.39, 0.29) is 11.5 Å². The highest BCUT2D eigenvalue weighted by Crippen LogP contribution is 2.53. The van der Waals surface area contributed by atoms with Crippen LogP contribution >= 0.6 is 0 Å². The molecule has 3 heterocycles. The molecule has 0 radical (unpaired) electrons. The number of fused-ring (bicyclic) bond motifs is 1. The van der Waals surface area contributed by atoms with Crippen molar-refractivity contribution in [1.82, 2.24) is 4.90 Å². The Bertz CT molecular complexity index is 974. The number of rotatable bonds is 3. The SMILES string of the molecule is C[C@@]1(c2ccccc2)C2=NC(c3ccccc3)=CCN2[C@@H]1c1ccoc1. The zero-order valence-electron chi connectivity index (χ0n) is 14.7. The summed E-state index contributed by atoms with van der Waals surface area (Å²) in [7, 11) is 0. The number of hydrogen-bond acceptors (Lipinski definition) is 3. The highest BCUT2D eigenvalue weighted by molar-refractivity contribution is 6.04. The monoisotopic (exact) mass is 340 g/mol. The van der Waals surface area contributed by atoms with Crippen LogP contribution in [0.3, 0.4) is 0 Å². The van der Waals surface area contributed by atoms with E-state index in [1.54, 1.807) is 6.26 Å². The van der Waals surface area contributed by atoms with Gasteiger partial charge >= 0.3 is 0 Å². The molecule has 3 aromatic rings. The third-order valence-corrected chi connectivity index (χ3v) is 5.60. The minimum atomic E-state index is -0.167. The Balaban J connectivity index is 1.62. The van der Waals surface area contributed by atoms with Gasteiger partial charge in [-0.3, -0.25) is 0 Å². The van der Waals surface area contributed by atoms with E-state index in [1.165, 1.54) is 16.7 Å². The molecular formula is C23H20N2O. The van der Waals surface area contributed by atoms with E-state index in [0.717, 1.165) is 18.1 Å². The number of nitrogens with zero attached hydrogens (tertiary/aromatic N) is 2. The molecule has 2 aliphatic rings. The van der Waals surface area contributed by atoms with E-state index in [9.17, 15) is 0 Å². The van der Waals surface area contributed by atoms with Gasteiger partial charge in [0.2, 0.25) is 0 Å². The number of aliphatic imine (C=N–C) groups is 1. The van der Waals surface area contributed by atoms with Crippen LogP contribution in [-0.2, 0) is 5.41 Å². The molecule has 1 aromatic heterocycles. The maximum atomic E-state index is 5.39. The second kappa shape index (κ2) is 5.73. The highest BCUT2D eigenvalue weighted by atomic mass is 16.3. The first-order valence-electron chi connectivity index (χ1n) is 8.97. The van der Waals surface area contributed by atoms with Gasteiger partial charge in [-0.2, -0.15) is 0 Å². The molecule has 0 aliphatic carbocycles. The summed E-state index contributed by atoms with van der Waals surface area (Å²) in [6, 6.07) is 23.4. The van der Waals surface area contributed by atoms with Crippen LogP contribution < -0.4 is 0 Å². The molecular weight excluding hydrogens is 320 g/mol. The Morgan fingerprint density at radius 1 is 1.00 bits per heavy atom. The van der Waals surface area contributed by atoms with Crippen molar-refractivity contribution in [2.75, 3.05) is 6.54 Å². The molecule has 5 rings (SSSR count). The maximum Gasteiger partial charge on any atom is 0.119 e. The van der Waals surface area contributed by atoms with Crippen LogP contribution in [0.1, 0.15) is 29.7 Å². The minimum Gasteiger partial charge on any atom is -0.472 e. The van der Waals surface area contributed by atoms with Crippen LogP contribution in [0.5, 0.6) is 0 Å². The summed E-state index contributed by atoms with van der Waals surface area (Å²) in [5.74, 6) is 1.14. The fourth-order valence-corrected chi connectivity index (χ4v) is 4.31. The number of hydrogen-bond donors (Lipinski definition) is 0. The summed E-state index contributed by atoms with van der Waals surface area (Å²) in [4.78, 5) is 7.46. The summed E-state index contributed by atoms with van der Waals surface area (Å²) in [5, 5.41) is 0. The van der Waals surface area contributed by atoms with Crippen LogP contribution in [0.2, 0.25) is 0 Å². The molecule has 128 valence electrons. The van der Waals surface area contributed by atoms with Gasteiger partial charge in [-0.15, -0.1) is 0 Å². The third kappa shape index (κ3) is 2.10. The van der Waals surface area contributed by atoms with E-state index < -0.39 is 0 Å². The molecule has 2 aromatic carbocycles. The first-order valence-corrected chi connectivity index (χ1v) is 8.97. The lowest BCUT2D eigenvalue weighted by Crippen LogP contribution is -2.65. The molecule has 3 nitrogen and oxygen atoms in total. The second-order valence-electron chi connectivity index (χ2n) is 7.07. The third-order valence-electron chi connectivity index (χ3n) is 5.60. The highest BCUT2D eigenvalue weighted by Gasteiger charge is 2.57. The molecule has 0 unspecified atom stereocenters. The molecule has 0 amide bonds. The maximum absolute atomic E-state index is 5.39. The number of furan rings is 1. The zero-order chi connectivity index (χ0) is 17.6. The van der Waals surface area contributed by atoms with E-state index in [4.69, 9.17) is 9.41 Å². The number of benzene rings is 2. The lowest BCUT2D eigenvalue weighted by molar-refractivity contribution is 0.166. The van der Waals surface area contributed by atoms with Crippen molar-refractivity contribution in [3.8, 4) is 0 Å². The van der Waals surface area contributed by atoms with Crippen molar-refractivity contribution in [3.05, 3.63) is 102 Å². The molecule has 0 N–H and O–H groups in total. The van der Waals surface area contributed by atoms with Gasteiger partial charge in [0, 0.05) is 12.1 Å². The molecule has 3 heteroatoms. The topological polar surface area (TPSA) is 28.7 Å². The average Bonchev–Trinajstić information content (AvgIpc) is 3.22. The van der Waals surface area contributed by atoms with Crippen LogP contribution in [0.4, 0.5) is 0 Å². The average molecular weight is 340 g/mol. The van der Waals surface area contributed by atoms with E-state index >= 15 is 0 Å². The van der Waals surface area contributed by atoms with Gasteiger partial charge < -0.3 is 9.32 Å². The van der Waals surface area contributed by atoms with Crippen molar-refractivity contribution in [3.63, 3.8) is 0 Å². The normalized spacial score (nSPS) is 24.3.